The first kappa shape index (κ1) is 10.5. The smallest absolute Gasteiger partial charge is 0.114 e. The van der Waals surface area contributed by atoms with Crippen molar-refractivity contribution in [1.82, 2.24) is 4.90 Å². The van der Waals surface area contributed by atoms with E-state index in [4.69, 9.17) is 11.0 Å². The summed E-state index contributed by atoms with van der Waals surface area (Å²) in [4.78, 5) is 2.30. The molecular formula is C10H19N3. The van der Waals surface area contributed by atoms with E-state index in [9.17, 15) is 0 Å². The highest BCUT2D eigenvalue weighted by atomic mass is 15.2. The van der Waals surface area contributed by atoms with E-state index >= 15 is 0 Å². The molecule has 0 aromatic carbocycles. The number of nitrogens with zero attached hydrogens (tertiary/aromatic N) is 2. The van der Waals surface area contributed by atoms with Crippen molar-refractivity contribution in [3.05, 3.63) is 0 Å². The van der Waals surface area contributed by atoms with Crippen LogP contribution in [-0.2, 0) is 0 Å². The first-order chi connectivity index (χ1) is 6.07. The first-order valence-corrected chi connectivity index (χ1v) is 5.00. The highest BCUT2D eigenvalue weighted by molar-refractivity contribution is 5.03. The van der Waals surface area contributed by atoms with E-state index in [1.807, 2.05) is 0 Å². The molecule has 0 saturated carbocycles. The Hall–Kier alpha value is -0.590. The fraction of sp³-hybridized carbons (Fsp3) is 0.900. The van der Waals surface area contributed by atoms with E-state index < -0.39 is 5.54 Å². The fourth-order valence-electron chi connectivity index (χ4n) is 1.89. The van der Waals surface area contributed by atoms with Crippen LogP contribution in [0.25, 0.3) is 0 Å². The summed E-state index contributed by atoms with van der Waals surface area (Å²) in [5, 5.41) is 8.78. The van der Waals surface area contributed by atoms with Gasteiger partial charge in [0.2, 0.25) is 0 Å². The molecule has 3 heteroatoms. The molecule has 0 radical (unpaired) electrons. The molecule has 13 heavy (non-hydrogen) atoms. The quantitative estimate of drug-likeness (QED) is 0.705. The number of likely N-dealkylation sites (tertiary alicyclic amines) is 1. The van der Waals surface area contributed by atoms with E-state index in [0.29, 0.717) is 6.54 Å². The van der Waals surface area contributed by atoms with Crippen LogP contribution in [0, 0.1) is 17.2 Å². The van der Waals surface area contributed by atoms with E-state index in [1.165, 1.54) is 12.8 Å². The Morgan fingerprint density at radius 2 is 2.38 bits per heavy atom. The average molecular weight is 181 g/mol. The number of nitriles is 1. The largest absolute Gasteiger partial charge is 0.313 e. The molecule has 2 atom stereocenters. The second kappa shape index (κ2) is 4.08. The molecule has 2 N–H and O–H groups in total. The van der Waals surface area contributed by atoms with Gasteiger partial charge in [-0.1, -0.05) is 13.3 Å². The molecule has 1 rings (SSSR count). The van der Waals surface area contributed by atoms with Crippen molar-refractivity contribution in [2.45, 2.75) is 32.2 Å². The Morgan fingerprint density at radius 3 is 2.85 bits per heavy atom. The molecule has 1 heterocycles. The van der Waals surface area contributed by atoms with Gasteiger partial charge in [-0.05, 0) is 25.8 Å². The van der Waals surface area contributed by atoms with Crippen molar-refractivity contribution in [3.8, 4) is 6.07 Å². The lowest BCUT2D eigenvalue weighted by molar-refractivity contribution is 0.280. The lowest BCUT2D eigenvalue weighted by Gasteiger charge is -2.23. The summed E-state index contributed by atoms with van der Waals surface area (Å²) in [6, 6.07) is 2.14. The normalized spacial score (nSPS) is 28.3. The fourth-order valence-corrected chi connectivity index (χ4v) is 1.89. The van der Waals surface area contributed by atoms with Crippen molar-refractivity contribution in [2.24, 2.45) is 11.7 Å². The summed E-state index contributed by atoms with van der Waals surface area (Å²) < 4.78 is 0. The van der Waals surface area contributed by atoms with Crippen LogP contribution < -0.4 is 5.73 Å². The van der Waals surface area contributed by atoms with Gasteiger partial charge in [0.1, 0.15) is 5.54 Å². The molecule has 0 spiro atoms. The van der Waals surface area contributed by atoms with Gasteiger partial charge in [-0.2, -0.15) is 5.26 Å². The van der Waals surface area contributed by atoms with Gasteiger partial charge in [-0.3, -0.25) is 0 Å². The maximum atomic E-state index is 8.78. The van der Waals surface area contributed by atoms with Crippen LogP contribution in [-0.4, -0.2) is 30.1 Å². The molecule has 0 aromatic heterocycles. The molecule has 0 aromatic rings. The number of rotatable bonds is 3. The molecule has 1 saturated heterocycles. The van der Waals surface area contributed by atoms with E-state index in [-0.39, 0.29) is 0 Å². The van der Waals surface area contributed by atoms with Gasteiger partial charge in [0.25, 0.3) is 0 Å². The Labute approximate surface area is 80.5 Å². The van der Waals surface area contributed by atoms with Crippen LogP contribution in [0.4, 0.5) is 0 Å². The molecule has 3 nitrogen and oxygen atoms in total. The molecule has 0 bridgehead atoms. The molecule has 1 fully saturated rings. The molecule has 0 amide bonds. The Balaban J connectivity index is 2.37. The summed E-state index contributed by atoms with van der Waals surface area (Å²) in [7, 11) is 0. The number of nitrogens with two attached hydrogens (primary N) is 1. The van der Waals surface area contributed by atoms with Crippen molar-refractivity contribution >= 4 is 0 Å². The second-order valence-corrected chi connectivity index (χ2v) is 4.33. The highest BCUT2D eigenvalue weighted by Crippen LogP contribution is 2.20. The maximum Gasteiger partial charge on any atom is 0.114 e. The second-order valence-electron chi connectivity index (χ2n) is 4.33. The van der Waals surface area contributed by atoms with Gasteiger partial charge in [-0.25, -0.2) is 0 Å². The Bertz CT molecular complexity index is 205. The van der Waals surface area contributed by atoms with Crippen molar-refractivity contribution in [1.29, 1.82) is 5.26 Å². The minimum absolute atomic E-state index is 0.678. The molecule has 2 unspecified atom stereocenters. The van der Waals surface area contributed by atoms with Gasteiger partial charge in [-0.15, -0.1) is 0 Å². The Kier molecular flexibility index (Phi) is 3.29. The van der Waals surface area contributed by atoms with Gasteiger partial charge in [0, 0.05) is 13.1 Å². The third kappa shape index (κ3) is 2.98. The van der Waals surface area contributed by atoms with Gasteiger partial charge < -0.3 is 10.6 Å². The molecule has 74 valence electrons. The lowest BCUT2D eigenvalue weighted by atomic mass is 10.1. The lowest BCUT2D eigenvalue weighted by Crippen LogP contribution is -2.46. The summed E-state index contributed by atoms with van der Waals surface area (Å²) in [6.45, 7) is 6.95. The highest BCUT2D eigenvalue weighted by Gasteiger charge is 2.27. The van der Waals surface area contributed by atoms with Crippen molar-refractivity contribution < 1.29 is 0 Å². The topological polar surface area (TPSA) is 53.0 Å². The first-order valence-electron chi connectivity index (χ1n) is 5.00. The zero-order valence-corrected chi connectivity index (χ0v) is 8.58. The summed E-state index contributed by atoms with van der Waals surface area (Å²) in [5.41, 5.74) is 5.10. The van der Waals surface area contributed by atoms with Crippen LogP contribution in [0.1, 0.15) is 26.7 Å². The third-order valence-corrected chi connectivity index (χ3v) is 2.75. The summed E-state index contributed by atoms with van der Waals surface area (Å²) >= 11 is 0. The molecule has 0 aliphatic carbocycles. The van der Waals surface area contributed by atoms with E-state index in [2.05, 4.69) is 17.9 Å². The van der Waals surface area contributed by atoms with Gasteiger partial charge in [0.05, 0.1) is 6.07 Å². The van der Waals surface area contributed by atoms with Crippen molar-refractivity contribution in [3.63, 3.8) is 0 Å². The van der Waals surface area contributed by atoms with Crippen LogP contribution in [0.15, 0.2) is 0 Å². The molecule has 1 aliphatic heterocycles. The summed E-state index contributed by atoms with van der Waals surface area (Å²) in [6.07, 6.45) is 2.50. The minimum atomic E-state index is -0.678. The minimum Gasteiger partial charge on any atom is -0.313 e. The predicted molar refractivity (Wildman–Crippen MR) is 53.0 cm³/mol. The van der Waals surface area contributed by atoms with Crippen molar-refractivity contribution in [2.75, 3.05) is 19.6 Å². The third-order valence-electron chi connectivity index (χ3n) is 2.75. The van der Waals surface area contributed by atoms with Crippen LogP contribution in [0.3, 0.4) is 0 Å². The van der Waals surface area contributed by atoms with Crippen LogP contribution in [0.2, 0.25) is 0 Å². The standard InChI is InChI=1S/C10H19N3/c1-3-9-4-5-13(6-9)8-10(2,12)7-11/h9H,3-6,8,12H2,1-2H3. The SMILES string of the molecule is CCC1CCN(CC(C)(N)C#N)C1. The molecular weight excluding hydrogens is 162 g/mol. The average Bonchev–Trinajstić information content (AvgIpc) is 2.52. The number of hydrogen-bond donors (Lipinski definition) is 1. The predicted octanol–water partition coefficient (Wildman–Crippen LogP) is 0.959. The zero-order valence-electron chi connectivity index (χ0n) is 8.58. The number of hydrogen-bond acceptors (Lipinski definition) is 3. The summed E-state index contributed by atoms with van der Waals surface area (Å²) in [5.74, 6) is 0.814. The van der Waals surface area contributed by atoms with E-state index in [0.717, 1.165) is 19.0 Å². The van der Waals surface area contributed by atoms with Gasteiger partial charge >= 0.3 is 0 Å². The van der Waals surface area contributed by atoms with Crippen LogP contribution >= 0.6 is 0 Å². The van der Waals surface area contributed by atoms with Crippen LogP contribution in [0.5, 0.6) is 0 Å². The maximum absolute atomic E-state index is 8.78. The molecule has 1 aliphatic rings. The van der Waals surface area contributed by atoms with E-state index in [1.54, 1.807) is 6.92 Å². The zero-order chi connectivity index (χ0) is 9.90. The van der Waals surface area contributed by atoms with Gasteiger partial charge in [0.15, 0.2) is 0 Å². The Morgan fingerprint density at radius 1 is 1.69 bits per heavy atom. The monoisotopic (exact) mass is 181 g/mol.